The van der Waals surface area contributed by atoms with Crippen LogP contribution < -0.4 is 4.74 Å². The van der Waals surface area contributed by atoms with Gasteiger partial charge in [0.1, 0.15) is 5.75 Å². The fourth-order valence-corrected chi connectivity index (χ4v) is 2.65. The third kappa shape index (κ3) is 3.35. The predicted octanol–water partition coefficient (Wildman–Crippen LogP) is 3.72. The molecule has 24 heavy (non-hydrogen) atoms. The van der Waals surface area contributed by atoms with E-state index < -0.39 is 5.97 Å². The summed E-state index contributed by atoms with van der Waals surface area (Å²) in [7, 11) is 0. The van der Waals surface area contributed by atoms with Crippen molar-refractivity contribution < 1.29 is 9.53 Å². The van der Waals surface area contributed by atoms with Gasteiger partial charge in [0.15, 0.2) is 5.82 Å². The van der Waals surface area contributed by atoms with E-state index in [0.29, 0.717) is 17.1 Å². The molecular weight excluding hydrogens is 302 g/mol. The number of pyridine rings is 1. The summed E-state index contributed by atoms with van der Waals surface area (Å²) in [5.41, 5.74) is 4.42. The van der Waals surface area contributed by atoms with Gasteiger partial charge in [0.2, 0.25) is 0 Å². The number of hydrogen-bond donors (Lipinski definition) is 0. The van der Waals surface area contributed by atoms with Crippen LogP contribution in [0.1, 0.15) is 32.9 Å². The lowest BCUT2D eigenvalue weighted by atomic mass is 10.1. The lowest BCUT2D eigenvalue weighted by molar-refractivity contribution is 0.0734. The molecule has 3 rings (SSSR count). The summed E-state index contributed by atoms with van der Waals surface area (Å²) < 4.78 is 7.18. The number of aromatic nitrogens is 3. The Morgan fingerprint density at radius 1 is 1.00 bits per heavy atom. The van der Waals surface area contributed by atoms with E-state index in [-0.39, 0.29) is 0 Å². The molecule has 3 aromatic rings. The SMILES string of the molecule is Cc1cc(C)cc(OC(=O)c2ccc(-n3nc(C)cc3C)nc2)c1. The highest BCUT2D eigenvalue weighted by Gasteiger charge is 2.11. The van der Waals surface area contributed by atoms with Crippen LogP contribution in [0.15, 0.2) is 42.6 Å². The van der Waals surface area contributed by atoms with Gasteiger partial charge in [-0.1, -0.05) is 6.07 Å². The van der Waals surface area contributed by atoms with Crippen LogP contribution in [0.2, 0.25) is 0 Å². The summed E-state index contributed by atoms with van der Waals surface area (Å²) in [6.07, 6.45) is 1.51. The van der Waals surface area contributed by atoms with E-state index in [2.05, 4.69) is 10.1 Å². The number of rotatable bonds is 3. The molecule has 0 N–H and O–H groups in total. The van der Waals surface area contributed by atoms with Crippen molar-refractivity contribution in [1.82, 2.24) is 14.8 Å². The number of carbonyl (C=O) groups is 1. The number of esters is 1. The minimum absolute atomic E-state index is 0.402. The maximum atomic E-state index is 12.3. The molecule has 0 spiro atoms. The largest absolute Gasteiger partial charge is 0.423 e. The van der Waals surface area contributed by atoms with E-state index in [1.165, 1.54) is 6.20 Å². The zero-order valence-corrected chi connectivity index (χ0v) is 14.2. The first-order valence-corrected chi connectivity index (χ1v) is 7.72. The summed E-state index contributed by atoms with van der Waals surface area (Å²) in [5, 5.41) is 4.38. The van der Waals surface area contributed by atoms with Crippen molar-refractivity contribution in [2.24, 2.45) is 0 Å². The Labute approximate surface area is 140 Å². The Bertz CT molecular complexity index is 875. The van der Waals surface area contributed by atoms with E-state index in [9.17, 15) is 4.79 Å². The van der Waals surface area contributed by atoms with E-state index >= 15 is 0 Å². The van der Waals surface area contributed by atoms with Crippen molar-refractivity contribution >= 4 is 5.97 Å². The molecule has 0 radical (unpaired) electrons. The highest BCUT2D eigenvalue weighted by molar-refractivity contribution is 5.90. The Morgan fingerprint density at radius 3 is 2.25 bits per heavy atom. The summed E-state index contributed by atoms with van der Waals surface area (Å²) in [5.74, 6) is 0.788. The lowest BCUT2D eigenvalue weighted by Gasteiger charge is -2.07. The smallest absolute Gasteiger partial charge is 0.345 e. The van der Waals surface area contributed by atoms with Gasteiger partial charge in [-0.2, -0.15) is 5.10 Å². The molecule has 0 atom stereocenters. The molecule has 0 aliphatic heterocycles. The van der Waals surface area contributed by atoms with Crippen LogP contribution in [0.25, 0.3) is 5.82 Å². The molecule has 0 aliphatic rings. The Hall–Kier alpha value is -2.95. The van der Waals surface area contributed by atoms with Crippen molar-refractivity contribution in [3.8, 4) is 11.6 Å². The van der Waals surface area contributed by atoms with Crippen molar-refractivity contribution in [1.29, 1.82) is 0 Å². The lowest BCUT2D eigenvalue weighted by Crippen LogP contribution is -2.10. The van der Waals surface area contributed by atoms with E-state index in [4.69, 9.17) is 4.74 Å². The van der Waals surface area contributed by atoms with Gasteiger partial charge in [0.05, 0.1) is 11.3 Å². The molecule has 0 aliphatic carbocycles. The maximum absolute atomic E-state index is 12.3. The minimum Gasteiger partial charge on any atom is -0.423 e. The first-order chi connectivity index (χ1) is 11.4. The molecule has 2 aromatic heterocycles. The van der Waals surface area contributed by atoms with Crippen LogP contribution in [0.3, 0.4) is 0 Å². The van der Waals surface area contributed by atoms with Gasteiger partial charge in [-0.25, -0.2) is 14.5 Å². The average Bonchev–Trinajstić information content (AvgIpc) is 2.85. The van der Waals surface area contributed by atoms with Crippen LogP contribution in [0, 0.1) is 27.7 Å². The van der Waals surface area contributed by atoms with Crippen molar-refractivity contribution in [3.63, 3.8) is 0 Å². The van der Waals surface area contributed by atoms with Crippen LogP contribution in [0.5, 0.6) is 5.75 Å². The Kier molecular flexibility index (Phi) is 4.16. The normalized spacial score (nSPS) is 10.7. The molecule has 0 saturated heterocycles. The monoisotopic (exact) mass is 321 g/mol. The summed E-state index contributed by atoms with van der Waals surface area (Å²) in [4.78, 5) is 16.6. The predicted molar refractivity (Wildman–Crippen MR) is 91.7 cm³/mol. The first-order valence-electron chi connectivity index (χ1n) is 7.72. The minimum atomic E-state index is -0.424. The van der Waals surface area contributed by atoms with Crippen LogP contribution in [-0.4, -0.2) is 20.7 Å². The van der Waals surface area contributed by atoms with Gasteiger partial charge in [-0.05, 0) is 69.2 Å². The third-order valence-electron chi connectivity index (χ3n) is 3.62. The number of ether oxygens (including phenoxy) is 1. The van der Waals surface area contributed by atoms with Gasteiger partial charge in [0.25, 0.3) is 0 Å². The number of hydrogen-bond acceptors (Lipinski definition) is 4. The average molecular weight is 321 g/mol. The van der Waals surface area contributed by atoms with Gasteiger partial charge < -0.3 is 4.74 Å². The Morgan fingerprint density at radius 2 is 1.71 bits per heavy atom. The van der Waals surface area contributed by atoms with Crippen molar-refractivity contribution in [2.45, 2.75) is 27.7 Å². The van der Waals surface area contributed by atoms with E-state index in [1.54, 1.807) is 16.8 Å². The second-order valence-electron chi connectivity index (χ2n) is 5.96. The number of benzene rings is 1. The second kappa shape index (κ2) is 6.28. The molecule has 1 aromatic carbocycles. The molecule has 0 saturated carbocycles. The van der Waals surface area contributed by atoms with Gasteiger partial charge >= 0.3 is 5.97 Å². The number of aryl methyl sites for hydroxylation is 4. The molecular formula is C19H19N3O2. The molecule has 5 nitrogen and oxygen atoms in total. The van der Waals surface area contributed by atoms with Crippen LogP contribution >= 0.6 is 0 Å². The van der Waals surface area contributed by atoms with Gasteiger partial charge in [-0.3, -0.25) is 0 Å². The molecule has 0 fully saturated rings. The fraction of sp³-hybridized carbons (Fsp3) is 0.211. The summed E-state index contributed by atoms with van der Waals surface area (Å²) in [6, 6.07) is 11.1. The Balaban J connectivity index is 1.80. The number of carbonyl (C=O) groups excluding carboxylic acids is 1. The fourth-order valence-electron chi connectivity index (χ4n) is 2.65. The first kappa shape index (κ1) is 15.9. The molecule has 0 amide bonds. The molecule has 2 heterocycles. The van der Waals surface area contributed by atoms with E-state index in [0.717, 1.165) is 22.5 Å². The zero-order valence-electron chi connectivity index (χ0n) is 14.2. The van der Waals surface area contributed by atoms with Gasteiger partial charge in [-0.15, -0.1) is 0 Å². The van der Waals surface area contributed by atoms with E-state index in [1.807, 2.05) is 52.0 Å². The molecule has 5 heteroatoms. The third-order valence-corrected chi connectivity index (χ3v) is 3.62. The van der Waals surface area contributed by atoms with Crippen LogP contribution in [0.4, 0.5) is 0 Å². The maximum Gasteiger partial charge on any atom is 0.345 e. The zero-order chi connectivity index (χ0) is 17.3. The standard InChI is InChI=1S/C19H19N3O2/c1-12-7-13(2)9-17(8-12)24-19(23)16-5-6-18(20-11-16)22-15(4)10-14(3)21-22/h5-11H,1-4H3. The summed E-state index contributed by atoms with van der Waals surface area (Å²) in [6.45, 7) is 7.83. The highest BCUT2D eigenvalue weighted by atomic mass is 16.5. The molecule has 0 bridgehead atoms. The van der Waals surface area contributed by atoms with Gasteiger partial charge in [0, 0.05) is 11.9 Å². The summed E-state index contributed by atoms with van der Waals surface area (Å²) >= 11 is 0. The topological polar surface area (TPSA) is 57.0 Å². The quantitative estimate of drug-likeness (QED) is 0.545. The molecule has 122 valence electrons. The number of nitrogens with zero attached hydrogens (tertiary/aromatic N) is 3. The van der Waals surface area contributed by atoms with Crippen molar-refractivity contribution in [2.75, 3.05) is 0 Å². The van der Waals surface area contributed by atoms with Crippen molar-refractivity contribution in [3.05, 3.63) is 70.7 Å². The molecule has 0 unspecified atom stereocenters. The van der Waals surface area contributed by atoms with Crippen LogP contribution in [-0.2, 0) is 0 Å². The highest BCUT2D eigenvalue weighted by Crippen LogP contribution is 2.18. The second-order valence-corrected chi connectivity index (χ2v) is 5.96.